The number of nitrogens with one attached hydrogen (secondary N) is 2. The highest BCUT2D eigenvalue weighted by Crippen LogP contribution is 2.03. The molecule has 5 nitrogen and oxygen atoms in total. The van der Waals surface area contributed by atoms with E-state index >= 15 is 0 Å². The minimum atomic E-state index is -0.536. The normalized spacial score (nSPS) is 10.0. The number of rotatable bonds is 7. The molecule has 0 spiro atoms. The third-order valence-corrected chi connectivity index (χ3v) is 3.21. The molecular formula is C18H19FN2O3. The maximum atomic E-state index is 12.8. The summed E-state index contributed by atoms with van der Waals surface area (Å²) in [5, 5.41) is 5.23. The molecule has 0 radical (unpaired) electrons. The molecule has 0 aliphatic rings. The minimum Gasteiger partial charge on any atom is -0.445 e. The Bertz CT molecular complexity index is 660. The van der Waals surface area contributed by atoms with Gasteiger partial charge in [-0.25, -0.2) is 9.18 Å². The molecule has 2 rings (SSSR count). The lowest BCUT2D eigenvalue weighted by atomic mass is 10.1. The number of benzene rings is 2. The summed E-state index contributed by atoms with van der Waals surface area (Å²) in [6.45, 7) is 0.757. The van der Waals surface area contributed by atoms with Crippen LogP contribution >= 0.6 is 0 Å². The highest BCUT2D eigenvalue weighted by molar-refractivity contribution is 5.78. The lowest BCUT2D eigenvalue weighted by Gasteiger charge is -2.08. The summed E-state index contributed by atoms with van der Waals surface area (Å²) in [6.07, 6.45) is -0.370. The zero-order valence-electron chi connectivity index (χ0n) is 13.1. The van der Waals surface area contributed by atoms with E-state index < -0.39 is 6.09 Å². The van der Waals surface area contributed by atoms with Crippen LogP contribution in [-0.2, 0) is 22.6 Å². The average Bonchev–Trinajstić information content (AvgIpc) is 2.60. The summed E-state index contributed by atoms with van der Waals surface area (Å²) < 4.78 is 17.8. The van der Waals surface area contributed by atoms with Crippen molar-refractivity contribution in [2.45, 2.75) is 13.0 Å². The molecule has 0 saturated heterocycles. The number of carbonyl (C=O) groups is 2. The molecule has 2 aromatic rings. The van der Waals surface area contributed by atoms with Crippen LogP contribution in [0.3, 0.4) is 0 Å². The van der Waals surface area contributed by atoms with Gasteiger partial charge >= 0.3 is 6.09 Å². The third-order valence-electron chi connectivity index (χ3n) is 3.21. The monoisotopic (exact) mass is 330 g/mol. The van der Waals surface area contributed by atoms with Gasteiger partial charge < -0.3 is 15.4 Å². The van der Waals surface area contributed by atoms with E-state index in [0.717, 1.165) is 11.1 Å². The summed E-state index contributed by atoms with van der Waals surface area (Å²) in [5.74, 6) is -0.529. The number of hydrogen-bond donors (Lipinski definition) is 2. The van der Waals surface area contributed by atoms with Gasteiger partial charge in [0.2, 0.25) is 5.91 Å². The summed E-state index contributed by atoms with van der Waals surface area (Å²) in [5.41, 5.74) is 1.63. The highest BCUT2D eigenvalue weighted by atomic mass is 19.1. The SMILES string of the molecule is O=C(Cc1ccc(F)cc1)NCCNC(=O)OCc1ccccc1. The van der Waals surface area contributed by atoms with Crippen LogP contribution < -0.4 is 10.6 Å². The number of alkyl carbamates (subject to hydrolysis) is 1. The molecule has 2 N–H and O–H groups in total. The molecule has 0 unspecified atom stereocenters. The van der Waals surface area contributed by atoms with Crippen molar-refractivity contribution in [2.75, 3.05) is 13.1 Å². The van der Waals surface area contributed by atoms with E-state index in [1.807, 2.05) is 30.3 Å². The van der Waals surface area contributed by atoms with Crippen molar-refractivity contribution in [1.29, 1.82) is 0 Å². The summed E-state index contributed by atoms with van der Waals surface area (Å²) in [6, 6.07) is 15.1. The van der Waals surface area contributed by atoms with Gasteiger partial charge in [0.1, 0.15) is 12.4 Å². The Morgan fingerprint density at radius 3 is 2.25 bits per heavy atom. The van der Waals surface area contributed by atoms with E-state index in [-0.39, 0.29) is 31.3 Å². The van der Waals surface area contributed by atoms with Crippen molar-refractivity contribution in [1.82, 2.24) is 10.6 Å². The summed E-state index contributed by atoms with van der Waals surface area (Å²) >= 11 is 0. The quantitative estimate of drug-likeness (QED) is 0.766. The Kier molecular flexibility index (Phi) is 6.76. The van der Waals surface area contributed by atoms with Crippen LogP contribution in [0.1, 0.15) is 11.1 Å². The number of amides is 2. The Morgan fingerprint density at radius 1 is 0.875 bits per heavy atom. The fraction of sp³-hybridized carbons (Fsp3) is 0.222. The fourth-order valence-electron chi connectivity index (χ4n) is 1.99. The van der Waals surface area contributed by atoms with Crippen molar-refractivity contribution in [2.24, 2.45) is 0 Å². The van der Waals surface area contributed by atoms with E-state index in [1.54, 1.807) is 12.1 Å². The lowest BCUT2D eigenvalue weighted by molar-refractivity contribution is -0.120. The standard InChI is InChI=1S/C18H19FN2O3/c19-16-8-6-14(7-9-16)12-17(22)20-10-11-21-18(23)24-13-15-4-2-1-3-5-15/h1-9H,10-13H2,(H,20,22)(H,21,23). The van der Waals surface area contributed by atoms with Gasteiger partial charge in [-0.1, -0.05) is 42.5 Å². The molecule has 0 heterocycles. The van der Waals surface area contributed by atoms with Crippen molar-refractivity contribution < 1.29 is 18.7 Å². The molecule has 0 bridgehead atoms. The predicted molar refractivity (Wildman–Crippen MR) is 87.7 cm³/mol. The molecule has 0 aromatic heterocycles. The number of carbonyl (C=O) groups excluding carboxylic acids is 2. The Morgan fingerprint density at radius 2 is 1.54 bits per heavy atom. The topological polar surface area (TPSA) is 67.4 Å². The van der Waals surface area contributed by atoms with E-state index in [4.69, 9.17) is 4.74 Å². The van der Waals surface area contributed by atoms with Gasteiger partial charge in [-0.2, -0.15) is 0 Å². The molecule has 2 aromatic carbocycles. The first-order valence-corrected chi connectivity index (χ1v) is 7.59. The molecule has 0 atom stereocenters. The number of ether oxygens (including phenoxy) is 1. The van der Waals surface area contributed by atoms with Crippen molar-refractivity contribution in [3.05, 3.63) is 71.5 Å². The molecule has 2 amide bonds. The maximum Gasteiger partial charge on any atom is 0.407 e. The second-order valence-electron chi connectivity index (χ2n) is 5.14. The smallest absolute Gasteiger partial charge is 0.407 e. The zero-order chi connectivity index (χ0) is 17.2. The first kappa shape index (κ1) is 17.5. The second kappa shape index (κ2) is 9.29. The highest BCUT2D eigenvalue weighted by Gasteiger charge is 2.05. The zero-order valence-corrected chi connectivity index (χ0v) is 13.1. The molecule has 6 heteroatoms. The van der Waals surface area contributed by atoms with E-state index in [2.05, 4.69) is 10.6 Å². The number of halogens is 1. The molecule has 24 heavy (non-hydrogen) atoms. The van der Waals surface area contributed by atoms with Crippen LogP contribution in [0.4, 0.5) is 9.18 Å². The van der Waals surface area contributed by atoms with Gasteiger partial charge in [-0.05, 0) is 23.3 Å². The van der Waals surface area contributed by atoms with Crippen LogP contribution in [0.5, 0.6) is 0 Å². The Balaban J connectivity index is 1.57. The number of hydrogen-bond acceptors (Lipinski definition) is 3. The third kappa shape index (κ3) is 6.48. The first-order chi connectivity index (χ1) is 11.6. The lowest BCUT2D eigenvalue weighted by Crippen LogP contribution is -2.35. The van der Waals surface area contributed by atoms with Gasteiger partial charge in [-0.3, -0.25) is 4.79 Å². The Hall–Kier alpha value is -2.89. The predicted octanol–water partition coefficient (Wildman–Crippen LogP) is 2.41. The van der Waals surface area contributed by atoms with Crippen LogP contribution in [0, 0.1) is 5.82 Å². The van der Waals surface area contributed by atoms with Crippen LogP contribution in [0.2, 0.25) is 0 Å². The second-order valence-corrected chi connectivity index (χ2v) is 5.14. The fourth-order valence-corrected chi connectivity index (χ4v) is 1.99. The first-order valence-electron chi connectivity index (χ1n) is 7.59. The largest absolute Gasteiger partial charge is 0.445 e. The Labute approximate surface area is 139 Å². The molecule has 0 saturated carbocycles. The van der Waals surface area contributed by atoms with Gasteiger partial charge in [0.25, 0.3) is 0 Å². The van der Waals surface area contributed by atoms with Crippen LogP contribution in [0.15, 0.2) is 54.6 Å². The molecule has 0 fully saturated rings. The molecule has 126 valence electrons. The van der Waals surface area contributed by atoms with Crippen molar-refractivity contribution >= 4 is 12.0 Å². The molecular weight excluding hydrogens is 311 g/mol. The van der Waals surface area contributed by atoms with Gasteiger partial charge in [0.15, 0.2) is 0 Å². The summed E-state index contributed by atoms with van der Waals surface area (Å²) in [7, 11) is 0. The van der Waals surface area contributed by atoms with Crippen molar-refractivity contribution in [3.63, 3.8) is 0 Å². The molecule has 0 aliphatic heterocycles. The van der Waals surface area contributed by atoms with E-state index in [0.29, 0.717) is 6.54 Å². The maximum absolute atomic E-state index is 12.8. The van der Waals surface area contributed by atoms with Gasteiger partial charge in [0.05, 0.1) is 6.42 Å². The van der Waals surface area contributed by atoms with Gasteiger partial charge in [0, 0.05) is 13.1 Å². The van der Waals surface area contributed by atoms with Crippen molar-refractivity contribution in [3.8, 4) is 0 Å². The average molecular weight is 330 g/mol. The molecule has 0 aliphatic carbocycles. The van der Waals surface area contributed by atoms with Gasteiger partial charge in [-0.15, -0.1) is 0 Å². The van der Waals surface area contributed by atoms with Crippen LogP contribution in [0.25, 0.3) is 0 Å². The summed E-state index contributed by atoms with van der Waals surface area (Å²) in [4.78, 5) is 23.2. The minimum absolute atomic E-state index is 0.165. The van der Waals surface area contributed by atoms with Crippen LogP contribution in [-0.4, -0.2) is 25.1 Å². The van der Waals surface area contributed by atoms with E-state index in [1.165, 1.54) is 12.1 Å². The van der Waals surface area contributed by atoms with E-state index in [9.17, 15) is 14.0 Å².